The summed E-state index contributed by atoms with van der Waals surface area (Å²) < 4.78 is 2.01. The molecule has 0 bridgehead atoms. The molecule has 0 fully saturated rings. The van der Waals surface area contributed by atoms with Gasteiger partial charge in [0.05, 0.1) is 17.0 Å². The van der Waals surface area contributed by atoms with Crippen molar-refractivity contribution >= 4 is 23.1 Å². The molecule has 0 aliphatic heterocycles. The first kappa shape index (κ1) is 14.9. The molecule has 0 saturated heterocycles. The molecule has 3 rings (SSSR count). The maximum Gasteiger partial charge on any atom is 0.176 e. The minimum atomic E-state index is -0.173. The lowest BCUT2D eigenvalue weighted by atomic mass is 10.0. The number of thioether (sulfide) groups is 1. The van der Waals surface area contributed by atoms with Gasteiger partial charge in [0.2, 0.25) is 0 Å². The van der Waals surface area contributed by atoms with E-state index < -0.39 is 0 Å². The summed E-state index contributed by atoms with van der Waals surface area (Å²) in [5.41, 5.74) is 4.16. The Morgan fingerprint density at radius 2 is 2.00 bits per heavy atom. The van der Waals surface area contributed by atoms with Crippen molar-refractivity contribution in [2.75, 3.05) is 0 Å². The normalized spacial score (nSPS) is 12.5. The average molecular weight is 310 g/mol. The summed E-state index contributed by atoms with van der Waals surface area (Å²) in [6.07, 6.45) is 3.80. The fourth-order valence-corrected chi connectivity index (χ4v) is 3.30. The Bertz CT molecular complexity index is 838. The smallest absolute Gasteiger partial charge is 0.176 e. The molecule has 22 heavy (non-hydrogen) atoms. The van der Waals surface area contributed by atoms with Gasteiger partial charge < -0.3 is 0 Å². The van der Waals surface area contributed by atoms with Crippen LogP contribution in [-0.2, 0) is 0 Å². The van der Waals surface area contributed by atoms with E-state index in [1.165, 1.54) is 17.3 Å². The number of fused-ring (bicyclic) bond motifs is 1. The Morgan fingerprint density at radius 3 is 2.77 bits per heavy atom. The molecule has 0 saturated carbocycles. The molecule has 0 N–H and O–H groups in total. The predicted octanol–water partition coefficient (Wildman–Crippen LogP) is 4.31. The van der Waals surface area contributed by atoms with Crippen molar-refractivity contribution in [3.8, 4) is 0 Å². The number of carbonyl (C=O) groups excluding carboxylic acids is 1. The fourth-order valence-electron chi connectivity index (χ4n) is 2.35. The molecule has 1 atom stereocenters. The van der Waals surface area contributed by atoms with Crippen molar-refractivity contribution in [2.45, 2.75) is 31.2 Å². The molecular weight excluding hydrogens is 292 g/mol. The lowest BCUT2D eigenvalue weighted by molar-refractivity contribution is 0.0994. The number of imidazole rings is 1. The molecule has 3 aromatic rings. The summed E-state index contributed by atoms with van der Waals surface area (Å²) in [5, 5.41) is 0.674. The van der Waals surface area contributed by atoms with Gasteiger partial charge in [0.25, 0.3) is 0 Å². The summed E-state index contributed by atoms with van der Waals surface area (Å²) in [6, 6.07) is 11.8. The van der Waals surface area contributed by atoms with Gasteiger partial charge in [-0.2, -0.15) is 0 Å². The highest BCUT2D eigenvalue weighted by atomic mass is 32.2. The number of Topliss-reactive ketones (excluding diaryl/α,β-unsaturated/α-hetero) is 1. The SMILES string of the molecule is Cc1ccc(C(=O)C(C)Sc2ncc3ccccn23)cc1C. The second-order valence-electron chi connectivity index (χ2n) is 5.46. The Kier molecular flexibility index (Phi) is 4.03. The largest absolute Gasteiger partial charge is 0.295 e. The number of nitrogens with zero attached hydrogens (tertiary/aromatic N) is 2. The molecule has 1 unspecified atom stereocenters. The second-order valence-corrected chi connectivity index (χ2v) is 6.77. The van der Waals surface area contributed by atoms with Gasteiger partial charge >= 0.3 is 0 Å². The van der Waals surface area contributed by atoms with Crippen LogP contribution in [0.1, 0.15) is 28.4 Å². The summed E-state index contributed by atoms with van der Waals surface area (Å²) in [4.78, 5) is 17.0. The van der Waals surface area contributed by atoms with Crippen LogP contribution in [0.5, 0.6) is 0 Å². The molecular formula is C18H18N2OS. The van der Waals surface area contributed by atoms with Crippen molar-refractivity contribution in [3.63, 3.8) is 0 Å². The van der Waals surface area contributed by atoms with E-state index in [9.17, 15) is 4.79 Å². The molecule has 112 valence electrons. The van der Waals surface area contributed by atoms with Crippen LogP contribution in [-0.4, -0.2) is 20.4 Å². The van der Waals surface area contributed by atoms with Gasteiger partial charge in [0.15, 0.2) is 10.9 Å². The van der Waals surface area contributed by atoms with Crippen molar-refractivity contribution in [2.24, 2.45) is 0 Å². The van der Waals surface area contributed by atoms with Gasteiger partial charge in [-0.25, -0.2) is 4.98 Å². The molecule has 0 aliphatic carbocycles. The first-order valence-corrected chi connectivity index (χ1v) is 8.14. The Hall–Kier alpha value is -2.07. The van der Waals surface area contributed by atoms with Crippen LogP contribution < -0.4 is 0 Å². The molecule has 0 amide bonds. The number of pyridine rings is 1. The van der Waals surface area contributed by atoms with Gasteiger partial charge in [-0.05, 0) is 50.1 Å². The zero-order valence-electron chi connectivity index (χ0n) is 12.9. The number of benzene rings is 1. The number of rotatable bonds is 4. The fraction of sp³-hybridized carbons (Fsp3) is 0.222. The third-order valence-corrected chi connectivity index (χ3v) is 4.93. The van der Waals surface area contributed by atoms with Crippen LogP contribution in [0.15, 0.2) is 53.9 Å². The monoisotopic (exact) mass is 310 g/mol. The minimum Gasteiger partial charge on any atom is -0.295 e. The predicted molar refractivity (Wildman–Crippen MR) is 90.8 cm³/mol. The number of ketones is 1. The number of hydrogen-bond acceptors (Lipinski definition) is 3. The van der Waals surface area contributed by atoms with Gasteiger partial charge in [-0.1, -0.05) is 30.0 Å². The van der Waals surface area contributed by atoms with E-state index in [1.807, 2.05) is 67.0 Å². The maximum absolute atomic E-state index is 12.6. The molecule has 2 heterocycles. The van der Waals surface area contributed by atoms with E-state index in [0.717, 1.165) is 21.8 Å². The zero-order chi connectivity index (χ0) is 15.7. The number of aryl methyl sites for hydroxylation is 2. The van der Waals surface area contributed by atoms with Crippen LogP contribution in [0.4, 0.5) is 0 Å². The lowest BCUT2D eigenvalue weighted by Gasteiger charge is -2.11. The highest BCUT2D eigenvalue weighted by molar-refractivity contribution is 8.00. The van der Waals surface area contributed by atoms with E-state index in [0.29, 0.717) is 0 Å². The van der Waals surface area contributed by atoms with Gasteiger partial charge in [-0.15, -0.1) is 0 Å². The van der Waals surface area contributed by atoms with Gasteiger partial charge in [-0.3, -0.25) is 9.20 Å². The molecule has 0 spiro atoms. The lowest BCUT2D eigenvalue weighted by Crippen LogP contribution is -2.14. The maximum atomic E-state index is 12.6. The van der Waals surface area contributed by atoms with E-state index in [1.54, 1.807) is 0 Å². The van der Waals surface area contributed by atoms with Crippen LogP contribution in [0, 0.1) is 13.8 Å². The summed E-state index contributed by atoms with van der Waals surface area (Å²) in [5.74, 6) is 0.140. The summed E-state index contributed by atoms with van der Waals surface area (Å²) in [7, 11) is 0. The third kappa shape index (κ3) is 2.79. The van der Waals surface area contributed by atoms with Crippen LogP contribution >= 0.6 is 11.8 Å². The highest BCUT2D eigenvalue weighted by Crippen LogP contribution is 2.26. The van der Waals surface area contributed by atoms with Crippen molar-refractivity contribution < 1.29 is 4.79 Å². The van der Waals surface area contributed by atoms with E-state index in [-0.39, 0.29) is 11.0 Å². The Balaban J connectivity index is 1.83. The van der Waals surface area contributed by atoms with Crippen molar-refractivity contribution in [3.05, 3.63) is 65.5 Å². The Morgan fingerprint density at radius 1 is 1.18 bits per heavy atom. The first-order valence-electron chi connectivity index (χ1n) is 7.26. The average Bonchev–Trinajstić information content (AvgIpc) is 2.92. The van der Waals surface area contributed by atoms with E-state index in [2.05, 4.69) is 11.9 Å². The molecule has 3 nitrogen and oxygen atoms in total. The number of carbonyl (C=O) groups is 1. The van der Waals surface area contributed by atoms with E-state index >= 15 is 0 Å². The molecule has 1 aromatic carbocycles. The van der Waals surface area contributed by atoms with Crippen LogP contribution in [0.2, 0.25) is 0 Å². The standard InChI is InChI=1S/C18H18N2OS/c1-12-7-8-15(10-13(12)2)17(21)14(3)22-18-19-11-16-6-4-5-9-20(16)18/h4-11,14H,1-3H3. The molecule has 0 aliphatic rings. The molecule has 2 aromatic heterocycles. The number of aromatic nitrogens is 2. The molecule has 4 heteroatoms. The quantitative estimate of drug-likeness (QED) is 0.532. The van der Waals surface area contributed by atoms with E-state index in [4.69, 9.17) is 0 Å². The first-order chi connectivity index (χ1) is 10.6. The second kappa shape index (κ2) is 5.97. The third-order valence-electron chi connectivity index (χ3n) is 3.85. The van der Waals surface area contributed by atoms with Crippen molar-refractivity contribution in [1.82, 2.24) is 9.38 Å². The molecule has 0 radical (unpaired) electrons. The van der Waals surface area contributed by atoms with Gasteiger partial charge in [0, 0.05) is 11.8 Å². The topological polar surface area (TPSA) is 34.4 Å². The highest BCUT2D eigenvalue weighted by Gasteiger charge is 2.19. The van der Waals surface area contributed by atoms with Gasteiger partial charge in [0.1, 0.15) is 0 Å². The van der Waals surface area contributed by atoms with Crippen molar-refractivity contribution in [1.29, 1.82) is 0 Å². The summed E-state index contributed by atoms with van der Waals surface area (Å²) in [6.45, 7) is 6.02. The van der Waals surface area contributed by atoms with Crippen LogP contribution in [0.3, 0.4) is 0 Å². The zero-order valence-corrected chi connectivity index (χ0v) is 13.7. The summed E-state index contributed by atoms with van der Waals surface area (Å²) >= 11 is 1.50. The number of hydrogen-bond donors (Lipinski definition) is 0. The Labute approximate surface area is 134 Å². The van der Waals surface area contributed by atoms with Crippen LogP contribution in [0.25, 0.3) is 5.52 Å². The minimum absolute atomic E-state index is 0.140.